The largest absolute Gasteiger partial charge is 0.416 e. The Bertz CT molecular complexity index is 1240. The lowest BCUT2D eigenvalue weighted by Crippen LogP contribution is -2.50. The Morgan fingerprint density at radius 1 is 1.00 bits per heavy atom. The van der Waals surface area contributed by atoms with Crippen LogP contribution in [0.4, 0.5) is 29.5 Å². The van der Waals surface area contributed by atoms with Crippen molar-refractivity contribution in [2.45, 2.75) is 39.8 Å². The maximum atomic E-state index is 13.2. The minimum atomic E-state index is -4.40. The van der Waals surface area contributed by atoms with Crippen molar-refractivity contribution in [1.29, 1.82) is 0 Å². The van der Waals surface area contributed by atoms with Crippen LogP contribution in [-0.4, -0.2) is 47.1 Å². The van der Waals surface area contributed by atoms with Gasteiger partial charge in [0.05, 0.1) is 5.56 Å². The summed E-state index contributed by atoms with van der Waals surface area (Å²) in [6.07, 6.45) is -3.28. The number of piperazine rings is 1. The van der Waals surface area contributed by atoms with Crippen LogP contribution in [-0.2, 0) is 19.0 Å². The first kappa shape index (κ1) is 25.5. The number of rotatable bonds is 5. The molecular formula is C27H30F3N5O. The average molecular weight is 498 g/mol. The van der Waals surface area contributed by atoms with E-state index in [-0.39, 0.29) is 6.03 Å². The molecule has 2 amide bonds. The van der Waals surface area contributed by atoms with Gasteiger partial charge in [0.2, 0.25) is 0 Å². The number of hydrogen-bond donors (Lipinski definition) is 1. The van der Waals surface area contributed by atoms with Crippen molar-refractivity contribution in [1.82, 2.24) is 14.9 Å². The van der Waals surface area contributed by atoms with Gasteiger partial charge in [-0.15, -0.1) is 0 Å². The summed E-state index contributed by atoms with van der Waals surface area (Å²) in [4.78, 5) is 25.9. The number of aryl methyl sites for hydroxylation is 3. The Morgan fingerprint density at radius 2 is 1.72 bits per heavy atom. The molecule has 1 aliphatic heterocycles. The van der Waals surface area contributed by atoms with E-state index in [2.05, 4.69) is 20.2 Å². The first-order chi connectivity index (χ1) is 17.2. The number of halogens is 3. The van der Waals surface area contributed by atoms with Gasteiger partial charge in [0.1, 0.15) is 11.6 Å². The lowest BCUT2D eigenvalue weighted by molar-refractivity contribution is -0.137. The highest BCUT2D eigenvalue weighted by atomic mass is 19.4. The summed E-state index contributed by atoms with van der Waals surface area (Å²) in [5, 5.41) is 3.02. The smallest absolute Gasteiger partial charge is 0.353 e. The number of carbonyl (C=O) groups excluding carboxylic acids is 1. The third-order valence-corrected chi connectivity index (χ3v) is 6.45. The predicted octanol–water partition coefficient (Wildman–Crippen LogP) is 5.62. The highest BCUT2D eigenvalue weighted by Crippen LogP contribution is 2.31. The fourth-order valence-electron chi connectivity index (χ4n) is 4.51. The SMILES string of the molecule is CCc1ccccc1NC(=O)N1CCN(c2nc(C)nc(C)c2Cc2cccc(C(F)(F)F)c2)CC1. The number of benzene rings is 2. The highest BCUT2D eigenvalue weighted by Gasteiger charge is 2.31. The van der Waals surface area contributed by atoms with Crippen LogP contribution in [0.15, 0.2) is 48.5 Å². The van der Waals surface area contributed by atoms with Crippen molar-refractivity contribution in [3.05, 3.63) is 82.3 Å². The van der Waals surface area contributed by atoms with Gasteiger partial charge in [-0.1, -0.05) is 43.3 Å². The monoisotopic (exact) mass is 497 g/mol. The van der Waals surface area contributed by atoms with Crippen molar-refractivity contribution in [2.75, 3.05) is 36.4 Å². The van der Waals surface area contributed by atoms with Crippen LogP contribution in [0.1, 0.15) is 40.7 Å². The molecule has 0 bridgehead atoms. The first-order valence-electron chi connectivity index (χ1n) is 12.0. The molecule has 190 valence electrons. The number of alkyl halides is 3. The maximum Gasteiger partial charge on any atom is 0.416 e. The summed E-state index contributed by atoms with van der Waals surface area (Å²) >= 11 is 0. The van der Waals surface area contributed by atoms with Crippen molar-refractivity contribution >= 4 is 17.5 Å². The molecule has 6 nitrogen and oxygen atoms in total. The zero-order valence-electron chi connectivity index (χ0n) is 20.7. The number of hydrogen-bond acceptors (Lipinski definition) is 4. The highest BCUT2D eigenvalue weighted by molar-refractivity contribution is 5.90. The number of carbonyl (C=O) groups is 1. The van der Waals surface area contributed by atoms with Gasteiger partial charge < -0.3 is 15.1 Å². The molecule has 2 aromatic carbocycles. The molecular weight excluding hydrogens is 467 g/mol. The first-order valence-corrected chi connectivity index (χ1v) is 12.0. The minimum Gasteiger partial charge on any atom is -0.353 e. The molecule has 9 heteroatoms. The van der Waals surface area contributed by atoms with Crippen molar-refractivity contribution in [3.8, 4) is 0 Å². The molecule has 1 N–H and O–H groups in total. The second-order valence-electron chi connectivity index (χ2n) is 8.95. The number of nitrogens with zero attached hydrogens (tertiary/aromatic N) is 4. The van der Waals surface area contributed by atoms with Crippen LogP contribution in [0.2, 0.25) is 0 Å². The number of nitrogens with one attached hydrogen (secondary N) is 1. The molecule has 1 aromatic heterocycles. The van der Waals surface area contributed by atoms with Gasteiger partial charge in [-0.2, -0.15) is 13.2 Å². The summed E-state index contributed by atoms with van der Waals surface area (Å²) < 4.78 is 39.7. The summed E-state index contributed by atoms with van der Waals surface area (Å²) in [6.45, 7) is 7.85. The molecule has 0 saturated carbocycles. The lowest BCUT2D eigenvalue weighted by Gasteiger charge is -2.36. The summed E-state index contributed by atoms with van der Waals surface area (Å²) in [6, 6.07) is 13.0. The van der Waals surface area contributed by atoms with Crippen LogP contribution in [0.5, 0.6) is 0 Å². The van der Waals surface area contributed by atoms with E-state index in [9.17, 15) is 18.0 Å². The molecule has 0 spiro atoms. The molecule has 0 aliphatic carbocycles. The van der Waals surface area contributed by atoms with E-state index in [1.807, 2.05) is 38.1 Å². The number of urea groups is 1. The van der Waals surface area contributed by atoms with Crippen molar-refractivity contribution in [3.63, 3.8) is 0 Å². The van der Waals surface area contributed by atoms with Crippen LogP contribution in [0.3, 0.4) is 0 Å². The Morgan fingerprint density at radius 3 is 2.42 bits per heavy atom. The number of amides is 2. The standard InChI is InChI=1S/C27H30F3N5O/c1-4-21-9-5-6-11-24(21)33-26(36)35-14-12-34(13-15-35)25-23(18(2)31-19(3)32-25)17-20-8-7-10-22(16-20)27(28,29)30/h5-11,16H,4,12-15,17H2,1-3H3,(H,33,36). The van der Waals surface area contributed by atoms with Gasteiger partial charge in [0.25, 0.3) is 0 Å². The zero-order valence-corrected chi connectivity index (χ0v) is 20.7. The van der Waals surface area contributed by atoms with Gasteiger partial charge in [-0.05, 0) is 43.5 Å². The second kappa shape index (κ2) is 10.6. The second-order valence-corrected chi connectivity index (χ2v) is 8.95. The summed E-state index contributed by atoms with van der Waals surface area (Å²) in [7, 11) is 0. The molecule has 36 heavy (non-hydrogen) atoms. The van der Waals surface area contributed by atoms with Gasteiger partial charge in [-0.3, -0.25) is 0 Å². The third-order valence-electron chi connectivity index (χ3n) is 6.45. The van der Waals surface area contributed by atoms with Crippen LogP contribution >= 0.6 is 0 Å². The van der Waals surface area contributed by atoms with E-state index in [4.69, 9.17) is 0 Å². The quantitative estimate of drug-likeness (QED) is 0.497. The van der Waals surface area contributed by atoms with Crippen molar-refractivity contribution in [2.24, 2.45) is 0 Å². The van der Waals surface area contributed by atoms with E-state index in [1.165, 1.54) is 12.1 Å². The lowest BCUT2D eigenvalue weighted by atomic mass is 10.0. The summed E-state index contributed by atoms with van der Waals surface area (Å²) in [5.41, 5.74) is 3.32. The number of anilines is 2. The number of aromatic nitrogens is 2. The van der Waals surface area contributed by atoms with E-state index in [0.717, 1.165) is 35.0 Å². The normalized spacial score (nSPS) is 14.2. The van der Waals surface area contributed by atoms with Crippen LogP contribution in [0, 0.1) is 13.8 Å². The van der Waals surface area contributed by atoms with E-state index < -0.39 is 11.7 Å². The fraction of sp³-hybridized carbons (Fsp3) is 0.370. The molecule has 4 rings (SSSR count). The molecule has 2 heterocycles. The van der Waals surface area contributed by atoms with Crippen LogP contribution in [0.25, 0.3) is 0 Å². The van der Waals surface area contributed by atoms with E-state index in [0.29, 0.717) is 49.8 Å². The molecule has 1 fully saturated rings. The van der Waals surface area contributed by atoms with Gasteiger partial charge in [-0.25, -0.2) is 14.8 Å². The van der Waals surface area contributed by atoms with Gasteiger partial charge in [0, 0.05) is 49.5 Å². The van der Waals surface area contributed by atoms with Crippen molar-refractivity contribution < 1.29 is 18.0 Å². The Kier molecular flexibility index (Phi) is 7.47. The Labute approximate surface area is 209 Å². The molecule has 0 atom stereocenters. The minimum absolute atomic E-state index is 0.144. The molecule has 0 unspecified atom stereocenters. The molecule has 1 saturated heterocycles. The summed E-state index contributed by atoms with van der Waals surface area (Å²) in [5.74, 6) is 1.32. The van der Waals surface area contributed by atoms with E-state index >= 15 is 0 Å². The molecule has 3 aromatic rings. The topological polar surface area (TPSA) is 61.4 Å². The predicted molar refractivity (Wildman–Crippen MR) is 134 cm³/mol. The van der Waals surface area contributed by atoms with Gasteiger partial charge in [0.15, 0.2) is 0 Å². The molecule has 1 aliphatic rings. The zero-order chi connectivity index (χ0) is 25.9. The van der Waals surface area contributed by atoms with E-state index in [1.54, 1.807) is 17.9 Å². The van der Waals surface area contributed by atoms with Crippen LogP contribution < -0.4 is 10.2 Å². The third kappa shape index (κ3) is 5.78. The molecule has 0 radical (unpaired) electrons. The average Bonchev–Trinajstić information content (AvgIpc) is 2.85. The Hall–Kier alpha value is -3.62. The van der Waals surface area contributed by atoms with Gasteiger partial charge >= 0.3 is 12.2 Å². The fourth-order valence-corrected chi connectivity index (χ4v) is 4.51. The maximum absolute atomic E-state index is 13.2. The number of para-hydroxylation sites is 1. The Balaban J connectivity index is 1.49.